The van der Waals surface area contributed by atoms with Crippen molar-refractivity contribution >= 4 is 44.8 Å². The van der Waals surface area contributed by atoms with E-state index >= 15 is 0 Å². The van der Waals surface area contributed by atoms with E-state index < -0.39 is 18.0 Å². The zero-order chi connectivity index (χ0) is 27.1. The molecule has 0 aliphatic heterocycles. The average Bonchev–Trinajstić information content (AvgIpc) is 2.93. The van der Waals surface area contributed by atoms with Gasteiger partial charge in [0.05, 0.1) is 26.0 Å². The fourth-order valence-electron chi connectivity index (χ4n) is 3.59. The molecule has 0 saturated heterocycles. The third kappa shape index (κ3) is 6.49. The van der Waals surface area contributed by atoms with E-state index in [9.17, 15) is 9.59 Å². The van der Waals surface area contributed by atoms with Gasteiger partial charge in [-0.3, -0.25) is 4.79 Å². The standard InChI is InChI=1S/C29H25BrN2O6/c1-18(37-24-11-8-19-6-4-5-7-20(19)15-24)28(33)32-31-17-22-14-23(30)10-13-25(22)38-29(34)21-9-12-26(35-2)27(16-21)36-3/h4-18H,1-3H3,(H,32,33)/b31-17-/t18-/m0/s1. The number of hydrogen-bond acceptors (Lipinski definition) is 7. The molecule has 0 unspecified atom stereocenters. The molecule has 0 saturated carbocycles. The number of amides is 1. The van der Waals surface area contributed by atoms with Gasteiger partial charge in [0, 0.05) is 10.0 Å². The third-order valence-electron chi connectivity index (χ3n) is 5.58. The van der Waals surface area contributed by atoms with Gasteiger partial charge >= 0.3 is 5.97 Å². The summed E-state index contributed by atoms with van der Waals surface area (Å²) in [7, 11) is 3.00. The molecular formula is C29H25BrN2O6. The first-order chi connectivity index (χ1) is 18.4. The number of hydrazone groups is 1. The molecule has 0 radical (unpaired) electrons. The molecule has 9 heteroatoms. The SMILES string of the molecule is COc1ccc(C(=O)Oc2ccc(Br)cc2/C=N\NC(=O)[C@H](C)Oc2ccc3ccccc3c2)cc1OC. The van der Waals surface area contributed by atoms with Crippen LogP contribution in [0.5, 0.6) is 23.0 Å². The summed E-state index contributed by atoms with van der Waals surface area (Å²) >= 11 is 3.40. The van der Waals surface area contributed by atoms with E-state index in [-0.39, 0.29) is 11.3 Å². The van der Waals surface area contributed by atoms with Crippen LogP contribution >= 0.6 is 15.9 Å². The summed E-state index contributed by atoms with van der Waals surface area (Å²) in [4.78, 5) is 25.3. The van der Waals surface area contributed by atoms with Crippen LogP contribution in [0.3, 0.4) is 0 Å². The summed E-state index contributed by atoms with van der Waals surface area (Å²) in [6.07, 6.45) is 0.598. The average molecular weight is 577 g/mol. The monoisotopic (exact) mass is 576 g/mol. The molecule has 0 bridgehead atoms. The van der Waals surface area contributed by atoms with Gasteiger partial charge < -0.3 is 18.9 Å². The predicted octanol–water partition coefficient (Wildman–Crippen LogP) is 5.76. The zero-order valence-corrected chi connectivity index (χ0v) is 22.5. The second-order valence-corrected chi connectivity index (χ2v) is 9.06. The van der Waals surface area contributed by atoms with Crippen molar-refractivity contribution in [2.45, 2.75) is 13.0 Å². The first-order valence-electron chi connectivity index (χ1n) is 11.6. The number of carbonyl (C=O) groups is 2. The highest BCUT2D eigenvalue weighted by molar-refractivity contribution is 9.10. The van der Waals surface area contributed by atoms with Crippen molar-refractivity contribution in [1.29, 1.82) is 0 Å². The van der Waals surface area contributed by atoms with Gasteiger partial charge in [0.2, 0.25) is 0 Å². The highest BCUT2D eigenvalue weighted by atomic mass is 79.9. The lowest BCUT2D eigenvalue weighted by atomic mass is 10.1. The summed E-state index contributed by atoms with van der Waals surface area (Å²) in [5.74, 6) is 0.702. The second kappa shape index (κ2) is 12.2. The van der Waals surface area contributed by atoms with Crippen LogP contribution in [0.1, 0.15) is 22.8 Å². The molecule has 8 nitrogen and oxygen atoms in total. The fraction of sp³-hybridized carbons (Fsp3) is 0.138. The largest absolute Gasteiger partial charge is 0.493 e. The Hall–Kier alpha value is -4.37. The Morgan fingerprint density at radius 3 is 2.37 bits per heavy atom. The molecule has 4 aromatic carbocycles. The molecule has 4 aromatic rings. The Bertz CT molecular complexity index is 1500. The summed E-state index contributed by atoms with van der Waals surface area (Å²) in [5.41, 5.74) is 3.22. The molecule has 0 aliphatic carbocycles. The second-order valence-electron chi connectivity index (χ2n) is 8.14. The molecule has 1 atom stereocenters. The number of carbonyl (C=O) groups excluding carboxylic acids is 2. The maximum atomic E-state index is 12.8. The number of nitrogens with one attached hydrogen (secondary N) is 1. The van der Waals surface area contributed by atoms with Crippen molar-refractivity contribution in [2.24, 2.45) is 5.10 Å². The highest BCUT2D eigenvalue weighted by Gasteiger charge is 2.16. The molecule has 0 aliphatic rings. The van der Waals surface area contributed by atoms with Gasteiger partial charge in [-0.05, 0) is 66.2 Å². The minimum atomic E-state index is -0.793. The van der Waals surface area contributed by atoms with Gasteiger partial charge in [0.25, 0.3) is 5.91 Å². The Balaban J connectivity index is 1.42. The number of fused-ring (bicyclic) bond motifs is 1. The van der Waals surface area contributed by atoms with Crippen LogP contribution in [-0.2, 0) is 4.79 Å². The molecular weight excluding hydrogens is 552 g/mol. The van der Waals surface area contributed by atoms with Crippen molar-refractivity contribution in [3.8, 4) is 23.0 Å². The highest BCUT2D eigenvalue weighted by Crippen LogP contribution is 2.29. The first-order valence-corrected chi connectivity index (χ1v) is 12.4. The Labute approximate surface area is 228 Å². The van der Waals surface area contributed by atoms with Gasteiger partial charge in [-0.1, -0.05) is 46.3 Å². The third-order valence-corrected chi connectivity index (χ3v) is 6.07. The number of hydrogen-bond donors (Lipinski definition) is 1. The lowest BCUT2D eigenvalue weighted by Crippen LogP contribution is -2.33. The normalized spacial score (nSPS) is 11.7. The molecule has 0 aromatic heterocycles. The maximum absolute atomic E-state index is 12.8. The van der Waals surface area contributed by atoms with Gasteiger partial charge in [0.15, 0.2) is 17.6 Å². The molecule has 0 fully saturated rings. The van der Waals surface area contributed by atoms with Crippen LogP contribution in [0, 0.1) is 0 Å². The van der Waals surface area contributed by atoms with E-state index in [1.807, 2.05) is 42.5 Å². The van der Waals surface area contributed by atoms with Crippen molar-refractivity contribution in [3.05, 3.63) is 94.5 Å². The molecule has 0 heterocycles. The quantitative estimate of drug-likeness (QED) is 0.118. The molecule has 0 spiro atoms. The van der Waals surface area contributed by atoms with E-state index in [0.717, 1.165) is 15.2 Å². The van der Waals surface area contributed by atoms with Crippen LogP contribution in [0.25, 0.3) is 10.8 Å². The maximum Gasteiger partial charge on any atom is 0.343 e. The Kier molecular flexibility index (Phi) is 8.60. The number of ether oxygens (including phenoxy) is 4. The number of rotatable bonds is 9. The van der Waals surface area contributed by atoms with E-state index in [0.29, 0.717) is 22.8 Å². The Morgan fingerprint density at radius 2 is 1.61 bits per heavy atom. The number of esters is 1. The molecule has 4 rings (SSSR count). The van der Waals surface area contributed by atoms with Gasteiger partial charge in [-0.2, -0.15) is 5.10 Å². The van der Waals surface area contributed by atoms with Crippen molar-refractivity contribution < 1.29 is 28.5 Å². The Morgan fingerprint density at radius 1 is 0.868 bits per heavy atom. The minimum Gasteiger partial charge on any atom is -0.493 e. The summed E-state index contributed by atoms with van der Waals surface area (Å²) in [6.45, 7) is 1.63. The lowest BCUT2D eigenvalue weighted by molar-refractivity contribution is -0.127. The summed E-state index contributed by atoms with van der Waals surface area (Å²) < 4.78 is 22.6. The van der Waals surface area contributed by atoms with Gasteiger partial charge in [0.1, 0.15) is 11.5 Å². The first kappa shape index (κ1) is 26.7. The topological polar surface area (TPSA) is 95.5 Å². The van der Waals surface area contributed by atoms with Crippen LogP contribution in [-0.4, -0.2) is 38.4 Å². The number of nitrogens with zero attached hydrogens (tertiary/aromatic N) is 1. The number of methoxy groups -OCH3 is 2. The van der Waals surface area contributed by atoms with Crippen LogP contribution in [0.4, 0.5) is 0 Å². The van der Waals surface area contributed by atoms with Crippen molar-refractivity contribution in [2.75, 3.05) is 14.2 Å². The van der Waals surface area contributed by atoms with E-state index in [1.54, 1.807) is 37.3 Å². The smallest absolute Gasteiger partial charge is 0.343 e. The fourth-order valence-corrected chi connectivity index (χ4v) is 3.97. The van der Waals surface area contributed by atoms with Gasteiger partial charge in [-0.25, -0.2) is 10.2 Å². The lowest BCUT2D eigenvalue weighted by Gasteiger charge is -2.13. The molecule has 194 valence electrons. The van der Waals surface area contributed by atoms with Crippen LogP contribution < -0.4 is 24.4 Å². The van der Waals surface area contributed by atoms with Crippen molar-refractivity contribution in [3.63, 3.8) is 0 Å². The summed E-state index contributed by atoms with van der Waals surface area (Å²) in [6, 6.07) is 23.3. The molecule has 38 heavy (non-hydrogen) atoms. The van der Waals surface area contributed by atoms with Crippen molar-refractivity contribution in [1.82, 2.24) is 5.43 Å². The summed E-state index contributed by atoms with van der Waals surface area (Å²) in [5, 5.41) is 6.13. The van der Waals surface area contributed by atoms with E-state index in [2.05, 4.69) is 26.5 Å². The molecule has 1 N–H and O–H groups in total. The minimum absolute atomic E-state index is 0.256. The van der Waals surface area contributed by atoms with Crippen LogP contribution in [0.15, 0.2) is 88.4 Å². The zero-order valence-electron chi connectivity index (χ0n) is 20.9. The predicted molar refractivity (Wildman–Crippen MR) is 148 cm³/mol. The van der Waals surface area contributed by atoms with Crippen LogP contribution in [0.2, 0.25) is 0 Å². The van der Waals surface area contributed by atoms with Gasteiger partial charge in [-0.15, -0.1) is 0 Å². The number of benzene rings is 4. The number of halogens is 1. The van der Waals surface area contributed by atoms with E-state index in [1.165, 1.54) is 26.5 Å². The molecule has 1 amide bonds. The van der Waals surface area contributed by atoms with E-state index in [4.69, 9.17) is 18.9 Å².